The molecule has 0 fully saturated rings. The van der Waals surface area contributed by atoms with E-state index in [2.05, 4.69) is 5.32 Å². The number of nitrogens with zero attached hydrogens (tertiary/aromatic N) is 1. The largest absolute Gasteiger partial charge is 0.480 e. The van der Waals surface area contributed by atoms with Gasteiger partial charge >= 0.3 is 5.97 Å². The van der Waals surface area contributed by atoms with E-state index in [9.17, 15) is 14.4 Å². The Bertz CT molecular complexity index is 343. The molecule has 0 heterocycles. The molecule has 0 radical (unpaired) electrons. The van der Waals surface area contributed by atoms with E-state index >= 15 is 0 Å². The van der Waals surface area contributed by atoms with Crippen molar-refractivity contribution in [2.45, 2.75) is 12.5 Å². The molecule has 9 heteroatoms. The lowest BCUT2D eigenvalue weighted by Crippen LogP contribution is -2.48. The maximum absolute atomic E-state index is 11.3. The minimum Gasteiger partial charge on any atom is -0.480 e. The Morgan fingerprint density at radius 2 is 1.94 bits per heavy atom. The Hall–Kier alpha value is -2.32. The molecule has 7 N–H and O–H groups in total. The van der Waals surface area contributed by atoms with Crippen LogP contribution in [-0.2, 0) is 14.4 Å². The van der Waals surface area contributed by atoms with Crippen molar-refractivity contribution in [2.24, 2.45) is 11.5 Å². The van der Waals surface area contributed by atoms with Gasteiger partial charge in [-0.05, 0) is 0 Å². The highest BCUT2D eigenvalue weighted by Gasteiger charge is 2.22. The van der Waals surface area contributed by atoms with Crippen LogP contribution in [0.5, 0.6) is 0 Å². The summed E-state index contributed by atoms with van der Waals surface area (Å²) < 4.78 is 0. The van der Waals surface area contributed by atoms with Crippen LogP contribution in [0.15, 0.2) is 0 Å². The smallest absolute Gasteiger partial charge is 0.326 e. The molecule has 0 rings (SSSR count). The average molecular weight is 245 g/mol. The fourth-order valence-electron chi connectivity index (χ4n) is 0.942. The summed E-state index contributed by atoms with van der Waals surface area (Å²) in [5.74, 6) is -3.20. The maximum atomic E-state index is 11.3. The molecule has 1 atom stereocenters. The molecule has 9 nitrogen and oxygen atoms in total. The zero-order chi connectivity index (χ0) is 13.6. The lowest BCUT2D eigenvalue weighted by molar-refractivity contribution is -0.143. The second kappa shape index (κ2) is 6.30. The Kier molecular flexibility index (Phi) is 5.44. The monoisotopic (exact) mass is 245 g/mol. The van der Waals surface area contributed by atoms with E-state index in [0.717, 1.165) is 4.90 Å². The van der Waals surface area contributed by atoms with Gasteiger partial charge in [-0.25, -0.2) is 4.79 Å². The molecular formula is C8H15N5O4. The molecule has 0 saturated heterocycles. The number of primary amides is 1. The van der Waals surface area contributed by atoms with Crippen molar-refractivity contribution in [3.8, 4) is 0 Å². The van der Waals surface area contributed by atoms with Gasteiger partial charge in [-0.15, -0.1) is 0 Å². The molecule has 0 aromatic rings. The van der Waals surface area contributed by atoms with Crippen molar-refractivity contribution >= 4 is 23.7 Å². The van der Waals surface area contributed by atoms with Gasteiger partial charge in [-0.1, -0.05) is 0 Å². The summed E-state index contributed by atoms with van der Waals surface area (Å²) in [6.45, 7) is -0.280. The van der Waals surface area contributed by atoms with Crippen molar-refractivity contribution in [1.29, 1.82) is 5.41 Å². The van der Waals surface area contributed by atoms with Crippen LogP contribution in [0.25, 0.3) is 0 Å². The highest BCUT2D eigenvalue weighted by atomic mass is 16.4. The molecule has 17 heavy (non-hydrogen) atoms. The summed E-state index contributed by atoms with van der Waals surface area (Å²) in [4.78, 5) is 33.7. The van der Waals surface area contributed by atoms with Crippen molar-refractivity contribution in [2.75, 3.05) is 13.6 Å². The molecule has 0 aliphatic rings. The van der Waals surface area contributed by atoms with Crippen LogP contribution in [-0.4, -0.2) is 53.4 Å². The van der Waals surface area contributed by atoms with Gasteiger partial charge in [-0.2, -0.15) is 0 Å². The van der Waals surface area contributed by atoms with Crippen LogP contribution >= 0.6 is 0 Å². The number of likely N-dealkylation sites (N-methyl/N-ethyl adjacent to an activating group) is 1. The predicted octanol–water partition coefficient (Wildman–Crippen LogP) is -2.74. The van der Waals surface area contributed by atoms with Gasteiger partial charge in [-0.3, -0.25) is 15.0 Å². The summed E-state index contributed by atoms with van der Waals surface area (Å²) in [5, 5.41) is 17.8. The molecule has 0 aliphatic carbocycles. The standard InChI is InChI=1S/C8H15N5O4/c1-13(8(10)11)3-6(15)12-4(7(16)17)2-5(9)14/h4H,2-3H2,1H3,(H2,9,14)(H3,10,11)(H,12,15)(H,16,17)/t4-/m0/s1. The number of nitrogens with two attached hydrogens (primary N) is 2. The molecule has 0 bridgehead atoms. The van der Waals surface area contributed by atoms with E-state index in [-0.39, 0.29) is 12.5 Å². The lowest BCUT2D eigenvalue weighted by atomic mass is 10.2. The Morgan fingerprint density at radius 3 is 2.29 bits per heavy atom. The van der Waals surface area contributed by atoms with Gasteiger partial charge in [0.2, 0.25) is 11.8 Å². The first-order valence-electron chi connectivity index (χ1n) is 4.59. The first-order chi connectivity index (χ1) is 7.73. The molecule has 0 aliphatic heterocycles. The second-order valence-electron chi connectivity index (χ2n) is 3.37. The number of guanidine groups is 1. The number of carbonyl (C=O) groups excluding carboxylic acids is 2. The summed E-state index contributed by atoms with van der Waals surface area (Å²) in [7, 11) is 1.39. The van der Waals surface area contributed by atoms with Crippen LogP contribution in [0.3, 0.4) is 0 Å². The zero-order valence-corrected chi connectivity index (χ0v) is 9.27. The van der Waals surface area contributed by atoms with E-state index in [1.807, 2.05) is 0 Å². The van der Waals surface area contributed by atoms with Crippen LogP contribution < -0.4 is 16.8 Å². The Morgan fingerprint density at radius 1 is 1.41 bits per heavy atom. The molecule has 0 aromatic heterocycles. The van der Waals surface area contributed by atoms with Crippen molar-refractivity contribution in [3.63, 3.8) is 0 Å². The van der Waals surface area contributed by atoms with Crippen molar-refractivity contribution < 1.29 is 19.5 Å². The molecular weight excluding hydrogens is 230 g/mol. The topological polar surface area (TPSA) is 163 Å². The summed E-state index contributed by atoms with van der Waals surface area (Å²) in [6.07, 6.45) is -0.495. The maximum Gasteiger partial charge on any atom is 0.326 e. The van der Waals surface area contributed by atoms with E-state index < -0.39 is 30.2 Å². The predicted molar refractivity (Wildman–Crippen MR) is 57.9 cm³/mol. The van der Waals surface area contributed by atoms with Crippen molar-refractivity contribution in [1.82, 2.24) is 10.2 Å². The number of hydrogen-bond acceptors (Lipinski definition) is 4. The molecule has 96 valence electrons. The van der Waals surface area contributed by atoms with Crippen LogP contribution in [0.4, 0.5) is 0 Å². The van der Waals surface area contributed by atoms with Gasteiger partial charge in [0, 0.05) is 7.05 Å². The van der Waals surface area contributed by atoms with E-state index in [1.165, 1.54) is 7.05 Å². The molecule has 0 aromatic carbocycles. The van der Waals surface area contributed by atoms with E-state index in [1.54, 1.807) is 0 Å². The summed E-state index contributed by atoms with van der Waals surface area (Å²) in [6, 6.07) is -1.37. The van der Waals surface area contributed by atoms with Crippen LogP contribution in [0.1, 0.15) is 6.42 Å². The minimum absolute atomic E-state index is 0.280. The zero-order valence-electron chi connectivity index (χ0n) is 9.27. The molecule has 0 saturated carbocycles. The van der Waals surface area contributed by atoms with E-state index in [4.69, 9.17) is 22.0 Å². The number of carbonyl (C=O) groups is 3. The van der Waals surface area contributed by atoms with Gasteiger partial charge < -0.3 is 26.8 Å². The highest BCUT2D eigenvalue weighted by molar-refractivity contribution is 5.90. The number of carboxylic acids is 1. The van der Waals surface area contributed by atoms with Gasteiger partial charge in [0.1, 0.15) is 6.04 Å². The fourth-order valence-corrected chi connectivity index (χ4v) is 0.942. The number of rotatable bonds is 6. The normalized spacial score (nSPS) is 11.4. The Labute approximate surface area is 97.2 Å². The van der Waals surface area contributed by atoms with Crippen LogP contribution in [0.2, 0.25) is 0 Å². The van der Waals surface area contributed by atoms with Crippen molar-refractivity contribution in [3.05, 3.63) is 0 Å². The number of hydrogen-bond donors (Lipinski definition) is 5. The number of nitrogens with one attached hydrogen (secondary N) is 2. The van der Waals surface area contributed by atoms with Gasteiger partial charge in [0.05, 0.1) is 13.0 Å². The first-order valence-corrected chi connectivity index (χ1v) is 4.59. The minimum atomic E-state index is -1.37. The number of amides is 2. The van der Waals surface area contributed by atoms with E-state index in [0.29, 0.717) is 0 Å². The number of aliphatic carboxylic acids is 1. The van der Waals surface area contributed by atoms with Gasteiger partial charge in [0.15, 0.2) is 5.96 Å². The quantitative estimate of drug-likeness (QED) is 0.251. The summed E-state index contributed by atoms with van der Waals surface area (Å²) >= 11 is 0. The second-order valence-corrected chi connectivity index (χ2v) is 3.37. The Balaban J connectivity index is 4.36. The highest BCUT2D eigenvalue weighted by Crippen LogP contribution is 1.92. The van der Waals surface area contributed by atoms with Crippen LogP contribution in [0, 0.1) is 5.41 Å². The SMILES string of the molecule is CN(CC(=O)N[C@@H](CC(N)=O)C(=O)O)C(=N)N. The fraction of sp³-hybridized carbons (Fsp3) is 0.500. The summed E-state index contributed by atoms with van der Waals surface area (Å²) in [5.41, 5.74) is 9.93. The lowest BCUT2D eigenvalue weighted by Gasteiger charge is -2.18. The average Bonchev–Trinajstić information content (AvgIpc) is 2.15. The van der Waals surface area contributed by atoms with Gasteiger partial charge in [0.25, 0.3) is 0 Å². The third kappa shape index (κ3) is 5.97. The molecule has 0 spiro atoms. The third-order valence-corrected chi connectivity index (χ3v) is 1.83. The third-order valence-electron chi connectivity index (χ3n) is 1.83. The number of carboxylic acid groups (broad SMARTS) is 1. The first kappa shape index (κ1) is 14.7. The molecule has 0 unspecified atom stereocenters. The molecule has 2 amide bonds.